The highest BCUT2D eigenvalue weighted by Crippen LogP contribution is 2.40. The number of carbonyl (C=O) groups is 2. The summed E-state index contributed by atoms with van der Waals surface area (Å²) in [7, 11) is 0. The summed E-state index contributed by atoms with van der Waals surface area (Å²) in [6, 6.07) is 10.6. The van der Waals surface area contributed by atoms with Gasteiger partial charge in [0.25, 0.3) is 17.5 Å². The zero-order chi connectivity index (χ0) is 26.3. The van der Waals surface area contributed by atoms with Gasteiger partial charge in [0.1, 0.15) is 17.0 Å². The molecule has 0 aliphatic carbocycles. The summed E-state index contributed by atoms with van der Waals surface area (Å²) >= 11 is 0. The van der Waals surface area contributed by atoms with E-state index in [1.807, 2.05) is 19.1 Å². The Bertz CT molecular complexity index is 1230. The second kappa shape index (κ2) is 8.99. The normalized spacial score (nSPS) is 19.5. The fourth-order valence-electron chi connectivity index (χ4n) is 3.71. The van der Waals surface area contributed by atoms with Crippen LogP contribution in [0.2, 0.25) is 0 Å². The van der Waals surface area contributed by atoms with Crippen molar-refractivity contribution in [3.63, 3.8) is 0 Å². The monoisotopic (exact) mass is 511 g/mol. The Hall–Kier alpha value is -3.83. The van der Waals surface area contributed by atoms with Gasteiger partial charge in [0.15, 0.2) is 0 Å². The molecule has 1 N–H and O–H groups in total. The molecule has 6 nitrogen and oxygen atoms in total. The number of allylic oxidation sites excluding steroid dienone is 1. The first-order chi connectivity index (χ1) is 16.8. The molecule has 0 aromatic heterocycles. The van der Waals surface area contributed by atoms with Crippen molar-refractivity contribution in [1.82, 2.24) is 10.2 Å². The molecule has 2 amide bonds. The van der Waals surface area contributed by atoms with E-state index >= 15 is 0 Å². The average molecular weight is 511 g/mol. The van der Waals surface area contributed by atoms with Crippen LogP contribution >= 0.6 is 0 Å². The van der Waals surface area contributed by atoms with Crippen LogP contribution in [0.4, 0.5) is 26.3 Å². The standard InChI is InChI=1S/C24H19F6N3O3/c1-14-2-4-15(5-3-14)12-32-21(35)22(36-17-8-6-16(7-9-17)23(25,26)27)10-11-33(22)20(34)19-18(13-31-19)24(28,29)30/h2-9,13H,10-12H2,1H3,(H,32,35). The molecule has 2 aliphatic heterocycles. The van der Waals surface area contributed by atoms with Crippen LogP contribution in [0.15, 0.2) is 64.8 Å². The van der Waals surface area contributed by atoms with E-state index in [4.69, 9.17) is 4.74 Å². The van der Waals surface area contributed by atoms with Gasteiger partial charge in [-0.3, -0.25) is 14.5 Å². The number of nitrogens with one attached hydrogen (secondary N) is 1. The third-order valence-corrected chi connectivity index (χ3v) is 5.84. The van der Waals surface area contributed by atoms with E-state index in [1.165, 1.54) is 0 Å². The van der Waals surface area contributed by atoms with Crippen LogP contribution in [0.25, 0.3) is 0 Å². The summed E-state index contributed by atoms with van der Waals surface area (Å²) in [5.41, 5.74) is -3.44. The molecule has 2 aromatic rings. The number of alkyl halides is 6. The zero-order valence-electron chi connectivity index (χ0n) is 18.7. The number of likely N-dealkylation sites (tertiary alicyclic amines) is 1. The zero-order valence-corrected chi connectivity index (χ0v) is 18.7. The van der Waals surface area contributed by atoms with Gasteiger partial charge in [-0.1, -0.05) is 29.8 Å². The number of hydrogen-bond acceptors (Lipinski definition) is 4. The Morgan fingerprint density at radius 2 is 1.64 bits per heavy atom. The van der Waals surface area contributed by atoms with Crippen LogP contribution < -0.4 is 10.1 Å². The molecule has 1 fully saturated rings. The number of halogens is 6. The molecule has 2 aliphatic rings. The van der Waals surface area contributed by atoms with E-state index in [-0.39, 0.29) is 25.3 Å². The number of hydrogen-bond donors (Lipinski definition) is 1. The summed E-state index contributed by atoms with van der Waals surface area (Å²) in [6.45, 7) is 1.77. The van der Waals surface area contributed by atoms with Crippen molar-refractivity contribution in [2.45, 2.75) is 38.0 Å². The first-order valence-electron chi connectivity index (χ1n) is 10.7. The van der Waals surface area contributed by atoms with E-state index in [9.17, 15) is 35.9 Å². The largest absolute Gasteiger partial charge is 0.458 e. The Balaban J connectivity index is 1.61. The lowest BCUT2D eigenvalue weighted by Gasteiger charge is -2.50. The van der Waals surface area contributed by atoms with Crippen LogP contribution in [0.5, 0.6) is 5.75 Å². The highest BCUT2D eigenvalue weighted by Gasteiger charge is 2.58. The van der Waals surface area contributed by atoms with Crippen molar-refractivity contribution in [3.05, 3.63) is 76.5 Å². The molecule has 36 heavy (non-hydrogen) atoms. The number of carbonyl (C=O) groups excluding carboxylic acids is 2. The minimum absolute atomic E-state index is 0.0217. The van der Waals surface area contributed by atoms with E-state index in [0.717, 1.165) is 34.7 Å². The van der Waals surface area contributed by atoms with Crippen molar-refractivity contribution >= 4 is 18.0 Å². The molecule has 1 atom stereocenters. The average Bonchev–Trinajstić information content (AvgIpc) is 2.73. The molecular formula is C24H19F6N3O3. The maximum Gasteiger partial charge on any atom is 0.420 e. The van der Waals surface area contributed by atoms with Gasteiger partial charge < -0.3 is 10.1 Å². The van der Waals surface area contributed by atoms with Gasteiger partial charge >= 0.3 is 12.4 Å². The van der Waals surface area contributed by atoms with Crippen LogP contribution in [0.3, 0.4) is 0 Å². The van der Waals surface area contributed by atoms with Gasteiger partial charge in [-0.15, -0.1) is 0 Å². The third kappa shape index (κ3) is 4.79. The molecule has 1 unspecified atom stereocenters. The first-order valence-corrected chi connectivity index (χ1v) is 10.7. The van der Waals surface area contributed by atoms with Crippen molar-refractivity contribution < 1.29 is 40.7 Å². The molecule has 12 heteroatoms. The van der Waals surface area contributed by atoms with Crippen molar-refractivity contribution in [3.8, 4) is 5.75 Å². The lowest BCUT2D eigenvalue weighted by Crippen LogP contribution is -2.72. The predicted molar refractivity (Wildman–Crippen MR) is 116 cm³/mol. The topological polar surface area (TPSA) is 71.0 Å². The van der Waals surface area contributed by atoms with Crippen molar-refractivity contribution in [2.75, 3.05) is 6.54 Å². The van der Waals surface area contributed by atoms with Gasteiger partial charge in [0.05, 0.1) is 5.56 Å². The van der Waals surface area contributed by atoms with Crippen LogP contribution in [-0.4, -0.2) is 41.4 Å². The molecular weight excluding hydrogens is 492 g/mol. The molecule has 0 bridgehead atoms. The Morgan fingerprint density at radius 1 is 1.00 bits per heavy atom. The minimum atomic E-state index is -4.82. The fraction of sp³-hybridized carbons (Fsp3) is 0.292. The van der Waals surface area contributed by atoms with E-state index in [2.05, 4.69) is 10.3 Å². The van der Waals surface area contributed by atoms with Crippen LogP contribution in [0.1, 0.15) is 23.1 Å². The van der Waals surface area contributed by atoms with Crippen LogP contribution in [-0.2, 0) is 22.3 Å². The number of nitrogens with zero attached hydrogens (tertiary/aromatic N) is 2. The molecule has 2 aromatic carbocycles. The van der Waals surface area contributed by atoms with Crippen LogP contribution in [0, 0.1) is 6.92 Å². The number of aliphatic imine (C=N–C) groups is 1. The van der Waals surface area contributed by atoms with Crippen molar-refractivity contribution in [2.24, 2.45) is 4.99 Å². The maximum absolute atomic E-state index is 13.3. The summed E-state index contributed by atoms with van der Waals surface area (Å²) in [6.07, 6.45) is -9.02. The summed E-state index contributed by atoms with van der Waals surface area (Å²) in [5, 5.41) is 2.60. The molecule has 0 radical (unpaired) electrons. The predicted octanol–water partition coefficient (Wildman–Crippen LogP) is 4.54. The number of rotatable bonds is 6. The highest BCUT2D eigenvalue weighted by molar-refractivity contribution is 6.09. The quantitative estimate of drug-likeness (QED) is 0.580. The summed E-state index contributed by atoms with van der Waals surface area (Å²) in [5.74, 6) is -2.18. The molecule has 2 heterocycles. The Kier molecular flexibility index (Phi) is 6.31. The maximum atomic E-state index is 13.3. The van der Waals surface area contributed by atoms with Gasteiger partial charge in [-0.2, -0.15) is 26.3 Å². The molecule has 1 saturated heterocycles. The van der Waals surface area contributed by atoms with Gasteiger partial charge in [0.2, 0.25) is 0 Å². The van der Waals surface area contributed by atoms with Gasteiger partial charge in [-0.25, -0.2) is 4.99 Å². The Labute approximate surface area is 201 Å². The Morgan fingerprint density at radius 3 is 2.11 bits per heavy atom. The molecule has 0 saturated carbocycles. The lowest BCUT2D eigenvalue weighted by atomic mass is 9.94. The van der Waals surface area contributed by atoms with E-state index < -0.39 is 46.7 Å². The third-order valence-electron chi connectivity index (χ3n) is 5.84. The number of amides is 2. The van der Waals surface area contributed by atoms with E-state index in [1.54, 1.807) is 12.1 Å². The highest BCUT2D eigenvalue weighted by atomic mass is 19.4. The number of ether oxygens (including phenoxy) is 1. The van der Waals surface area contributed by atoms with E-state index in [0.29, 0.717) is 11.8 Å². The molecule has 0 spiro atoms. The summed E-state index contributed by atoms with van der Waals surface area (Å²) in [4.78, 5) is 30.4. The minimum Gasteiger partial charge on any atom is -0.458 e. The lowest BCUT2D eigenvalue weighted by molar-refractivity contribution is -0.190. The second-order valence-electron chi connectivity index (χ2n) is 8.30. The molecule has 190 valence electrons. The van der Waals surface area contributed by atoms with Gasteiger partial charge in [-0.05, 0) is 36.8 Å². The summed E-state index contributed by atoms with van der Waals surface area (Å²) < 4.78 is 83.9. The number of benzene rings is 2. The van der Waals surface area contributed by atoms with Gasteiger partial charge in [0, 0.05) is 25.7 Å². The smallest absolute Gasteiger partial charge is 0.420 e. The van der Waals surface area contributed by atoms with Crippen molar-refractivity contribution in [1.29, 1.82) is 0 Å². The number of aryl methyl sites for hydroxylation is 1. The first kappa shape index (κ1) is 25.3. The fourth-order valence-corrected chi connectivity index (χ4v) is 3.71. The molecule has 4 rings (SSSR count). The SMILES string of the molecule is Cc1ccc(CNC(=O)C2(Oc3ccc(C(F)(F)F)cc3)CCN2C(=O)C2=C(C(F)(F)F)C=N2)cc1. The second-order valence-corrected chi connectivity index (χ2v) is 8.30.